The third-order valence-electron chi connectivity index (χ3n) is 5.45. The van der Waals surface area contributed by atoms with Crippen LogP contribution >= 0.6 is 0 Å². The summed E-state index contributed by atoms with van der Waals surface area (Å²) in [5.41, 5.74) is 4.03. The Hall–Kier alpha value is -4.20. The zero-order valence-corrected chi connectivity index (χ0v) is 16.3. The van der Waals surface area contributed by atoms with E-state index in [9.17, 15) is 4.79 Å². The summed E-state index contributed by atoms with van der Waals surface area (Å²) in [4.78, 5) is 22.1. The molecule has 0 fully saturated rings. The number of ether oxygens (including phenoxy) is 2. The van der Waals surface area contributed by atoms with Gasteiger partial charge >= 0.3 is 5.91 Å². The Morgan fingerprint density at radius 2 is 1.90 bits per heavy atom. The molecule has 0 aliphatic carbocycles. The highest BCUT2D eigenvalue weighted by Crippen LogP contribution is 2.39. The van der Waals surface area contributed by atoms with Crippen LogP contribution < -0.4 is 9.47 Å². The molecule has 4 aromatic rings. The maximum absolute atomic E-state index is 13.2. The number of hydrazone groups is 1. The van der Waals surface area contributed by atoms with E-state index in [-0.39, 0.29) is 24.5 Å². The molecule has 2 aliphatic rings. The molecule has 8 heteroatoms. The predicted octanol–water partition coefficient (Wildman–Crippen LogP) is 3.94. The normalized spacial score (nSPS) is 17.2. The van der Waals surface area contributed by atoms with E-state index < -0.39 is 0 Å². The maximum atomic E-state index is 13.2. The third-order valence-corrected chi connectivity index (χ3v) is 5.45. The minimum atomic E-state index is -0.349. The Bertz CT molecular complexity index is 1330. The Morgan fingerprint density at radius 1 is 1.00 bits per heavy atom. The first-order valence-corrected chi connectivity index (χ1v) is 9.82. The quantitative estimate of drug-likeness (QED) is 0.506. The minimum Gasteiger partial charge on any atom is -0.459 e. The van der Waals surface area contributed by atoms with E-state index in [0.717, 1.165) is 27.9 Å². The number of hydrogen-bond acceptors (Lipinski definition) is 7. The van der Waals surface area contributed by atoms with Crippen LogP contribution in [0.2, 0.25) is 0 Å². The Balaban J connectivity index is 1.45. The van der Waals surface area contributed by atoms with Gasteiger partial charge in [0.2, 0.25) is 6.79 Å². The molecule has 1 atom stereocenters. The van der Waals surface area contributed by atoms with Crippen LogP contribution in [0.15, 0.2) is 76.7 Å². The molecule has 1 unspecified atom stereocenters. The summed E-state index contributed by atoms with van der Waals surface area (Å²) in [5.74, 6) is 1.29. The minimum absolute atomic E-state index is 0.200. The number of carbonyl (C=O) groups excluding carboxylic acids is 1. The molecular weight excluding hydrogens is 396 g/mol. The van der Waals surface area contributed by atoms with Gasteiger partial charge in [-0.15, -0.1) is 0 Å². The van der Waals surface area contributed by atoms with Gasteiger partial charge in [-0.3, -0.25) is 14.8 Å². The molecule has 2 aliphatic heterocycles. The number of aromatic nitrogens is 2. The highest BCUT2D eigenvalue weighted by Gasteiger charge is 2.36. The molecule has 0 saturated heterocycles. The SMILES string of the molecule is O=C(c1ccco1)N1N=C(c2ccc3c(c2)OCO3)CC1c1cccc2nccnc12. The monoisotopic (exact) mass is 412 g/mol. The summed E-state index contributed by atoms with van der Waals surface area (Å²) in [7, 11) is 0. The summed E-state index contributed by atoms with van der Waals surface area (Å²) in [6, 6.07) is 14.4. The molecule has 2 aromatic carbocycles. The van der Waals surface area contributed by atoms with Crippen LogP contribution in [-0.4, -0.2) is 33.4 Å². The van der Waals surface area contributed by atoms with Gasteiger partial charge in [-0.05, 0) is 36.4 Å². The van der Waals surface area contributed by atoms with E-state index in [1.807, 2.05) is 36.4 Å². The number of nitrogens with zero attached hydrogens (tertiary/aromatic N) is 4. The van der Waals surface area contributed by atoms with Crippen LogP contribution in [0, 0.1) is 0 Å². The fourth-order valence-corrected chi connectivity index (χ4v) is 3.99. The van der Waals surface area contributed by atoms with E-state index in [1.54, 1.807) is 24.5 Å². The molecule has 2 aromatic heterocycles. The summed E-state index contributed by atoms with van der Waals surface area (Å²) in [6.07, 6.45) is 5.30. The zero-order chi connectivity index (χ0) is 20.8. The van der Waals surface area contributed by atoms with Gasteiger partial charge in [-0.1, -0.05) is 12.1 Å². The van der Waals surface area contributed by atoms with Crippen LogP contribution in [0.1, 0.15) is 34.1 Å². The van der Waals surface area contributed by atoms with E-state index in [4.69, 9.17) is 19.0 Å². The molecule has 4 heterocycles. The molecule has 31 heavy (non-hydrogen) atoms. The fraction of sp³-hybridized carbons (Fsp3) is 0.130. The lowest BCUT2D eigenvalue weighted by Crippen LogP contribution is -2.27. The molecule has 1 amide bonds. The molecule has 0 N–H and O–H groups in total. The van der Waals surface area contributed by atoms with Crippen molar-refractivity contribution >= 4 is 22.7 Å². The number of fused-ring (bicyclic) bond motifs is 2. The van der Waals surface area contributed by atoms with Crippen molar-refractivity contribution in [3.05, 3.63) is 84.1 Å². The first-order valence-electron chi connectivity index (χ1n) is 9.82. The number of carbonyl (C=O) groups is 1. The van der Waals surface area contributed by atoms with Crippen molar-refractivity contribution in [3.8, 4) is 11.5 Å². The summed E-state index contributed by atoms with van der Waals surface area (Å²) in [6.45, 7) is 0.200. The van der Waals surface area contributed by atoms with Crippen molar-refractivity contribution < 1.29 is 18.7 Å². The average molecular weight is 412 g/mol. The predicted molar refractivity (Wildman–Crippen MR) is 111 cm³/mol. The first-order chi connectivity index (χ1) is 15.3. The van der Waals surface area contributed by atoms with Crippen molar-refractivity contribution in [2.24, 2.45) is 5.10 Å². The Kier molecular flexibility index (Phi) is 3.95. The Morgan fingerprint density at radius 3 is 2.81 bits per heavy atom. The van der Waals surface area contributed by atoms with Gasteiger partial charge < -0.3 is 13.9 Å². The number of amides is 1. The number of rotatable bonds is 3. The largest absolute Gasteiger partial charge is 0.459 e. The smallest absolute Gasteiger partial charge is 0.310 e. The highest BCUT2D eigenvalue weighted by molar-refractivity contribution is 6.05. The first kappa shape index (κ1) is 17.6. The topological polar surface area (TPSA) is 90.1 Å². The van der Waals surface area contributed by atoms with Gasteiger partial charge in [0.15, 0.2) is 17.3 Å². The second-order valence-electron chi connectivity index (χ2n) is 7.23. The fourth-order valence-electron chi connectivity index (χ4n) is 3.99. The summed E-state index contributed by atoms with van der Waals surface area (Å²) >= 11 is 0. The third kappa shape index (κ3) is 2.92. The lowest BCUT2D eigenvalue weighted by molar-refractivity contribution is 0.0679. The number of furan rings is 1. The number of benzene rings is 2. The van der Waals surface area contributed by atoms with E-state index in [2.05, 4.69) is 9.97 Å². The highest BCUT2D eigenvalue weighted by atomic mass is 16.7. The van der Waals surface area contributed by atoms with Crippen molar-refractivity contribution in [1.82, 2.24) is 15.0 Å². The average Bonchev–Trinajstić information content (AvgIpc) is 3.58. The van der Waals surface area contributed by atoms with Gasteiger partial charge in [-0.2, -0.15) is 5.10 Å². The second-order valence-corrected chi connectivity index (χ2v) is 7.23. The van der Waals surface area contributed by atoms with E-state index in [1.165, 1.54) is 11.3 Å². The second kappa shape index (κ2) is 6.94. The lowest BCUT2D eigenvalue weighted by Gasteiger charge is -2.21. The molecular formula is C23H16N4O4. The van der Waals surface area contributed by atoms with Crippen molar-refractivity contribution in [1.29, 1.82) is 0 Å². The summed E-state index contributed by atoms with van der Waals surface area (Å²) < 4.78 is 16.3. The van der Waals surface area contributed by atoms with E-state index in [0.29, 0.717) is 17.9 Å². The molecule has 0 radical (unpaired) electrons. The van der Waals surface area contributed by atoms with Gasteiger partial charge in [0.1, 0.15) is 0 Å². The maximum Gasteiger partial charge on any atom is 0.310 e. The molecule has 6 rings (SSSR count). The van der Waals surface area contributed by atoms with Gasteiger partial charge in [-0.25, -0.2) is 5.01 Å². The molecule has 0 saturated carbocycles. The van der Waals surface area contributed by atoms with Crippen LogP contribution in [0.5, 0.6) is 11.5 Å². The van der Waals surface area contributed by atoms with Crippen molar-refractivity contribution in [3.63, 3.8) is 0 Å². The number of hydrogen-bond donors (Lipinski definition) is 0. The molecule has 8 nitrogen and oxygen atoms in total. The van der Waals surface area contributed by atoms with Gasteiger partial charge in [0.25, 0.3) is 0 Å². The molecule has 0 spiro atoms. The van der Waals surface area contributed by atoms with Gasteiger partial charge in [0, 0.05) is 29.9 Å². The van der Waals surface area contributed by atoms with E-state index >= 15 is 0 Å². The molecule has 152 valence electrons. The molecule has 0 bridgehead atoms. The van der Waals surface area contributed by atoms with Crippen molar-refractivity contribution in [2.45, 2.75) is 12.5 Å². The van der Waals surface area contributed by atoms with Crippen LogP contribution in [-0.2, 0) is 0 Å². The van der Waals surface area contributed by atoms with Crippen LogP contribution in [0.4, 0.5) is 0 Å². The zero-order valence-electron chi connectivity index (χ0n) is 16.3. The van der Waals surface area contributed by atoms with Crippen LogP contribution in [0.25, 0.3) is 11.0 Å². The lowest BCUT2D eigenvalue weighted by atomic mass is 9.97. The van der Waals surface area contributed by atoms with Crippen LogP contribution in [0.3, 0.4) is 0 Å². The Labute approximate surface area is 176 Å². The number of para-hydroxylation sites is 1. The standard InChI is InChI=1S/C23H16N4O4/c28-23(20-5-2-10-29-20)27-18(15-3-1-4-16-22(15)25-9-8-24-16)12-17(26-27)14-6-7-19-21(11-14)31-13-30-19/h1-11,18H,12-13H2. The van der Waals surface area contributed by atoms with Gasteiger partial charge in [0.05, 0.1) is 29.1 Å². The summed E-state index contributed by atoms with van der Waals surface area (Å²) in [5, 5.41) is 6.17. The van der Waals surface area contributed by atoms with Crippen molar-refractivity contribution in [2.75, 3.05) is 6.79 Å².